The second-order valence-corrected chi connectivity index (χ2v) is 18.9. The predicted molar refractivity (Wildman–Crippen MR) is 228 cm³/mol. The van der Waals surface area contributed by atoms with Gasteiger partial charge in [0.2, 0.25) is 0 Å². The van der Waals surface area contributed by atoms with Crippen molar-refractivity contribution >= 4 is 49.2 Å². The molecule has 6 heterocycles. The van der Waals surface area contributed by atoms with Crippen LogP contribution in [0.3, 0.4) is 0 Å². The smallest absolute Gasteiger partial charge is 0.0139 e. The third kappa shape index (κ3) is 11.9. The van der Waals surface area contributed by atoms with Crippen molar-refractivity contribution < 1.29 is 25.8 Å². The van der Waals surface area contributed by atoms with E-state index >= 15 is 0 Å². The number of hydrogen-bond acceptors (Lipinski definition) is 0. The molecule has 0 spiro atoms. The van der Waals surface area contributed by atoms with E-state index in [0.717, 1.165) is 0 Å². The second-order valence-electron chi connectivity index (χ2n) is 12.9. The van der Waals surface area contributed by atoms with Crippen LogP contribution in [0, 0.1) is 83.1 Å². The molecule has 49 heavy (non-hydrogen) atoms. The van der Waals surface area contributed by atoms with Gasteiger partial charge in [0.05, 0.1) is 0 Å². The maximum absolute atomic E-state index is 2.33. The summed E-state index contributed by atoms with van der Waals surface area (Å²) in [5.41, 5.74) is 16.8. The van der Waals surface area contributed by atoms with Crippen LogP contribution in [0.15, 0.2) is 71.2 Å². The molecule has 0 radical (unpaired) electrons. The van der Waals surface area contributed by atoms with Crippen molar-refractivity contribution in [2.75, 3.05) is 0 Å². The molecule has 0 unspecified atom stereocenters. The Hall–Kier alpha value is -1.23. The van der Waals surface area contributed by atoms with Gasteiger partial charge < -0.3 is 0 Å². The Kier molecular flexibility index (Phi) is 16.8. The molecule has 0 fully saturated rings. The first-order valence-electron chi connectivity index (χ1n) is 16.3. The van der Waals surface area contributed by atoms with E-state index in [9.17, 15) is 0 Å². The van der Waals surface area contributed by atoms with Gasteiger partial charge in [0.15, 0.2) is 0 Å². The first-order chi connectivity index (χ1) is 22.7. The van der Waals surface area contributed by atoms with Crippen LogP contribution in [0.25, 0.3) is 31.8 Å². The molecule has 0 nitrogen and oxygen atoms in total. The Labute approximate surface area is 325 Å². The van der Waals surface area contributed by atoms with Crippen molar-refractivity contribution in [1.82, 2.24) is 0 Å². The molecule has 0 bridgehead atoms. The van der Waals surface area contributed by atoms with E-state index < -0.39 is 0 Å². The zero-order chi connectivity index (χ0) is 35.1. The molecule has 0 aliphatic heterocycles. The fourth-order valence-corrected chi connectivity index (χ4v) is 11.6. The van der Waals surface area contributed by atoms with Crippen LogP contribution in [-0.4, -0.2) is 0 Å². The van der Waals surface area contributed by atoms with Gasteiger partial charge in [-0.2, -0.15) is 0 Å². The molecule has 0 N–H and O–H groups in total. The van der Waals surface area contributed by atoms with Crippen LogP contribution < -0.4 is 0 Å². The topological polar surface area (TPSA) is 0 Å². The van der Waals surface area contributed by atoms with E-state index in [-0.39, 0.29) is 25.8 Å². The standard InChI is InChI=1S/3C14H16P2.Hf/c3*1-9-5-13(15-7-11(9)3)14-6-10(2)12(4)8-16-14;/h3*5-8H,1-4H3;. The molecule has 0 saturated carbocycles. The minimum absolute atomic E-state index is 0. The molecule has 6 rings (SSSR count). The summed E-state index contributed by atoms with van der Waals surface area (Å²) in [5, 5.41) is 8.71. The van der Waals surface area contributed by atoms with E-state index in [0.29, 0.717) is 0 Å². The molecule has 6 aromatic heterocycles. The molecule has 0 amide bonds. The summed E-state index contributed by atoms with van der Waals surface area (Å²) < 4.78 is 0. The SMILES string of the molecule is Cc1cpc(-c2cc(C)c(C)cp2)cc1C.Cc1cpc(-c2cc(C)c(C)cp2)cc1C.Cc1cpc(-c2cc(C)c(C)cp2)cc1C.[Hf]. The molecule has 0 saturated heterocycles. The average molecular weight is 917 g/mol. The molecule has 0 aromatic carbocycles. The fraction of sp³-hybridized carbons (Fsp3) is 0.286. The van der Waals surface area contributed by atoms with Crippen LogP contribution in [-0.2, 0) is 25.8 Å². The Balaban J connectivity index is 0.000000197. The Morgan fingerprint density at radius 2 is 0.347 bits per heavy atom. The maximum atomic E-state index is 2.33. The summed E-state index contributed by atoms with van der Waals surface area (Å²) in [6.45, 7) is 26.3. The van der Waals surface area contributed by atoms with Gasteiger partial charge in [-0.05, 0) is 221 Å². The summed E-state index contributed by atoms with van der Waals surface area (Å²) in [5.74, 6) is 13.8. The zero-order valence-corrected chi connectivity index (χ0v) is 40.1. The Morgan fingerprint density at radius 3 is 0.449 bits per heavy atom. The molecule has 0 aliphatic rings. The Bertz CT molecular complexity index is 1680. The van der Waals surface area contributed by atoms with Crippen molar-refractivity contribution in [2.24, 2.45) is 0 Å². The van der Waals surface area contributed by atoms with Crippen LogP contribution in [0.5, 0.6) is 0 Å². The summed E-state index contributed by atoms with van der Waals surface area (Å²) in [6, 6.07) is 14.0. The maximum Gasteiger partial charge on any atom is 0.0139 e. The first kappa shape index (κ1) is 42.2. The molecule has 0 atom stereocenters. The van der Waals surface area contributed by atoms with Gasteiger partial charge in [0, 0.05) is 57.6 Å². The van der Waals surface area contributed by atoms with E-state index in [4.69, 9.17) is 0 Å². The molecule has 0 aliphatic carbocycles. The van der Waals surface area contributed by atoms with Gasteiger partial charge in [-0.25, -0.2) is 0 Å². The fourth-order valence-electron chi connectivity index (χ4n) is 4.59. The summed E-state index contributed by atoms with van der Waals surface area (Å²) >= 11 is 0. The average Bonchev–Trinajstić information content (AvgIpc) is 3.06. The van der Waals surface area contributed by atoms with Crippen LogP contribution in [0.4, 0.5) is 0 Å². The third-order valence-corrected chi connectivity index (χ3v) is 16.5. The van der Waals surface area contributed by atoms with Crippen molar-refractivity contribution in [3.8, 4) is 31.8 Å². The van der Waals surface area contributed by atoms with Gasteiger partial charge in [-0.15, -0.1) is 0 Å². The van der Waals surface area contributed by atoms with Crippen LogP contribution in [0.2, 0.25) is 0 Å². The molecule has 250 valence electrons. The van der Waals surface area contributed by atoms with Gasteiger partial charge in [0.1, 0.15) is 0 Å². The van der Waals surface area contributed by atoms with E-state index in [2.05, 4.69) is 154 Å². The van der Waals surface area contributed by atoms with Gasteiger partial charge in [0.25, 0.3) is 0 Å². The molecular weight excluding hydrogens is 869 g/mol. The first-order valence-corrected chi connectivity index (χ1v) is 22.1. The third-order valence-electron chi connectivity index (χ3n) is 9.02. The number of rotatable bonds is 3. The normalized spacial score (nSPS) is 11.3. The number of aryl methyl sites for hydroxylation is 12. The van der Waals surface area contributed by atoms with Crippen LogP contribution >= 0.6 is 49.2 Å². The predicted octanol–water partition coefficient (Wildman–Crippen LogP) is 17.2. The number of hydrogen-bond donors (Lipinski definition) is 0. The minimum atomic E-state index is 0. The van der Waals surface area contributed by atoms with Crippen LogP contribution in [0.1, 0.15) is 66.8 Å². The van der Waals surface area contributed by atoms with Gasteiger partial charge in [-0.1, -0.05) is 49.2 Å². The molecule has 6 aromatic rings. The summed E-state index contributed by atoms with van der Waals surface area (Å²) in [7, 11) is 8.03. The van der Waals surface area contributed by atoms with E-state index in [1.54, 1.807) is 0 Å². The van der Waals surface area contributed by atoms with Crippen molar-refractivity contribution in [2.45, 2.75) is 83.1 Å². The second kappa shape index (κ2) is 19.6. The van der Waals surface area contributed by atoms with Crippen molar-refractivity contribution in [1.29, 1.82) is 0 Å². The van der Waals surface area contributed by atoms with E-state index in [1.165, 1.54) is 148 Å². The van der Waals surface area contributed by atoms with E-state index in [1.807, 2.05) is 0 Å². The zero-order valence-electron chi connectivity index (χ0n) is 31.1. The summed E-state index contributed by atoms with van der Waals surface area (Å²) in [6.07, 6.45) is 0. The van der Waals surface area contributed by atoms with Crippen molar-refractivity contribution in [3.63, 3.8) is 0 Å². The molecular formula is C42H48HfP6. The largest absolute Gasteiger partial charge is 0.0672 e. The van der Waals surface area contributed by atoms with Gasteiger partial charge >= 0.3 is 0 Å². The molecule has 7 heteroatoms. The quantitative estimate of drug-likeness (QED) is 0.155. The monoisotopic (exact) mass is 918 g/mol. The van der Waals surface area contributed by atoms with Gasteiger partial charge in [-0.3, -0.25) is 0 Å². The van der Waals surface area contributed by atoms with Crippen molar-refractivity contribution in [3.05, 3.63) is 138 Å². The summed E-state index contributed by atoms with van der Waals surface area (Å²) in [4.78, 5) is 0. The Morgan fingerprint density at radius 1 is 0.224 bits per heavy atom. The minimum Gasteiger partial charge on any atom is -0.0672 e.